The molecule has 0 unspecified atom stereocenters. The van der Waals surface area contributed by atoms with E-state index in [4.69, 9.17) is 5.73 Å². The molecular weight excluding hydrogens is 304 g/mol. The molecule has 2 aromatic rings. The Kier molecular flexibility index (Phi) is 6.52. The Hall–Kier alpha value is -2.18. The number of nitrogens with zero attached hydrogens (tertiary/aromatic N) is 3. The Labute approximate surface area is 142 Å². The van der Waals surface area contributed by atoms with Crippen LogP contribution in [0.5, 0.6) is 0 Å². The number of fused-ring (bicyclic) bond motifs is 1. The number of nitrogens with two attached hydrogens (primary N) is 1. The van der Waals surface area contributed by atoms with Crippen molar-refractivity contribution in [1.82, 2.24) is 14.5 Å². The van der Waals surface area contributed by atoms with Crippen LogP contribution in [-0.4, -0.2) is 47.2 Å². The summed E-state index contributed by atoms with van der Waals surface area (Å²) in [6, 6.07) is 5.96. The molecule has 0 aliphatic carbocycles. The Morgan fingerprint density at radius 2 is 2.12 bits per heavy atom. The Bertz CT molecular complexity index is 717. The van der Waals surface area contributed by atoms with Crippen LogP contribution < -0.4 is 5.73 Å². The zero-order chi connectivity index (χ0) is 17.5. The average molecular weight is 330 g/mol. The molecule has 130 valence electrons. The molecule has 1 aromatic carbocycles. The van der Waals surface area contributed by atoms with E-state index in [-0.39, 0.29) is 5.97 Å². The third-order valence-corrected chi connectivity index (χ3v) is 4.18. The average Bonchev–Trinajstić information content (AvgIpc) is 2.97. The summed E-state index contributed by atoms with van der Waals surface area (Å²) < 4.78 is 6.79. The number of benzene rings is 1. The molecule has 1 heterocycles. The molecule has 0 bridgehead atoms. The Morgan fingerprint density at radius 3 is 2.75 bits per heavy atom. The van der Waals surface area contributed by atoms with Gasteiger partial charge in [-0.25, -0.2) is 9.78 Å². The van der Waals surface area contributed by atoms with Crippen LogP contribution in [0.4, 0.5) is 0 Å². The standard InChI is InChI=1S/C18H26N4O2/c1-4-21(5-2)10-11-22-16-8-6-14(7-9-18(23)24-3)12-15(16)20-17(22)13-19/h6-9,12H,4-5,10-11,13,19H2,1-3H3. The summed E-state index contributed by atoms with van der Waals surface area (Å²) in [5.74, 6) is 0.508. The second kappa shape index (κ2) is 8.61. The van der Waals surface area contributed by atoms with Crippen LogP contribution in [0.1, 0.15) is 25.2 Å². The van der Waals surface area contributed by atoms with Gasteiger partial charge in [-0.1, -0.05) is 19.9 Å². The minimum atomic E-state index is -0.373. The molecule has 6 nitrogen and oxygen atoms in total. The van der Waals surface area contributed by atoms with E-state index < -0.39 is 0 Å². The van der Waals surface area contributed by atoms with Crippen molar-refractivity contribution in [3.63, 3.8) is 0 Å². The molecule has 0 fully saturated rings. The highest BCUT2D eigenvalue weighted by Crippen LogP contribution is 2.19. The maximum absolute atomic E-state index is 11.2. The monoisotopic (exact) mass is 330 g/mol. The number of carbonyl (C=O) groups is 1. The number of esters is 1. The minimum absolute atomic E-state index is 0.373. The van der Waals surface area contributed by atoms with Crippen LogP contribution in [-0.2, 0) is 22.6 Å². The summed E-state index contributed by atoms with van der Waals surface area (Å²) >= 11 is 0. The first-order chi connectivity index (χ1) is 11.6. The van der Waals surface area contributed by atoms with Gasteiger partial charge in [0.2, 0.25) is 0 Å². The summed E-state index contributed by atoms with van der Waals surface area (Å²) in [6.45, 7) is 8.63. The van der Waals surface area contributed by atoms with Gasteiger partial charge in [0, 0.05) is 19.2 Å². The van der Waals surface area contributed by atoms with Gasteiger partial charge in [0.15, 0.2) is 0 Å². The SMILES string of the molecule is CCN(CC)CCn1c(CN)nc2cc(C=CC(=O)OC)ccc21. The number of methoxy groups -OCH3 is 1. The lowest BCUT2D eigenvalue weighted by Crippen LogP contribution is -2.27. The quantitative estimate of drug-likeness (QED) is 0.592. The van der Waals surface area contributed by atoms with Gasteiger partial charge in [-0.05, 0) is 36.9 Å². The highest BCUT2D eigenvalue weighted by atomic mass is 16.5. The zero-order valence-corrected chi connectivity index (χ0v) is 14.7. The fourth-order valence-corrected chi connectivity index (χ4v) is 2.72. The van der Waals surface area contributed by atoms with Gasteiger partial charge in [0.1, 0.15) is 5.82 Å². The van der Waals surface area contributed by atoms with Crippen molar-refractivity contribution in [3.8, 4) is 0 Å². The number of hydrogen-bond acceptors (Lipinski definition) is 5. The highest BCUT2D eigenvalue weighted by Gasteiger charge is 2.11. The Balaban J connectivity index is 2.28. The molecule has 0 amide bonds. The summed E-state index contributed by atoms with van der Waals surface area (Å²) in [4.78, 5) is 18.2. The first kappa shape index (κ1) is 18.2. The molecule has 0 atom stereocenters. The van der Waals surface area contributed by atoms with E-state index in [1.54, 1.807) is 6.08 Å². The molecule has 0 aliphatic heterocycles. The van der Waals surface area contributed by atoms with Crippen LogP contribution in [0.25, 0.3) is 17.1 Å². The van der Waals surface area contributed by atoms with Crippen molar-refractivity contribution < 1.29 is 9.53 Å². The van der Waals surface area contributed by atoms with Crippen molar-refractivity contribution in [3.05, 3.63) is 35.7 Å². The lowest BCUT2D eigenvalue weighted by atomic mass is 10.2. The van der Waals surface area contributed by atoms with Gasteiger partial charge >= 0.3 is 5.97 Å². The number of imidazole rings is 1. The third kappa shape index (κ3) is 4.21. The van der Waals surface area contributed by atoms with Crippen molar-refractivity contribution >= 4 is 23.1 Å². The van der Waals surface area contributed by atoms with Crippen molar-refractivity contribution in [1.29, 1.82) is 0 Å². The second-order valence-electron chi connectivity index (χ2n) is 5.52. The fraction of sp³-hybridized carbons (Fsp3) is 0.444. The van der Waals surface area contributed by atoms with Gasteiger partial charge in [0.05, 0.1) is 24.7 Å². The predicted octanol–water partition coefficient (Wildman–Crippen LogP) is 2.02. The number of likely N-dealkylation sites (N-methyl/N-ethyl adjacent to an activating group) is 1. The van der Waals surface area contributed by atoms with E-state index in [2.05, 4.69) is 33.0 Å². The van der Waals surface area contributed by atoms with Crippen LogP contribution in [0, 0.1) is 0 Å². The van der Waals surface area contributed by atoms with Crippen LogP contribution in [0.15, 0.2) is 24.3 Å². The van der Waals surface area contributed by atoms with E-state index in [0.717, 1.165) is 48.6 Å². The molecule has 24 heavy (non-hydrogen) atoms. The van der Waals surface area contributed by atoms with Gasteiger partial charge < -0.3 is 19.9 Å². The highest BCUT2D eigenvalue weighted by molar-refractivity contribution is 5.88. The minimum Gasteiger partial charge on any atom is -0.466 e. The summed E-state index contributed by atoms with van der Waals surface area (Å²) in [5, 5.41) is 0. The van der Waals surface area contributed by atoms with Gasteiger partial charge in [-0.3, -0.25) is 0 Å². The van der Waals surface area contributed by atoms with Crippen molar-refractivity contribution in [2.24, 2.45) is 5.73 Å². The number of hydrogen-bond donors (Lipinski definition) is 1. The molecule has 0 saturated carbocycles. The van der Waals surface area contributed by atoms with E-state index in [1.165, 1.54) is 13.2 Å². The number of rotatable bonds is 8. The first-order valence-corrected chi connectivity index (χ1v) is 8.30. The predicted molar refractivity (Wildman–Crippen MR) is 96.5 cm³/mol. The van der Waals surface area contributed by atoms with Crippen molar-refractivity contribution in [2.45, 2.75) is 26.9 Å². The maximum atomic E-state index is 11.2. The summed E-state index contributed by atoms with van der Waals surface area (Å²) in [5.41, 5.74) is 8.73. The first-order valence-electron chi connectivity index (χ1n) is 8.30. The third-order valence-electron chi connectivity index (χ3n) is 4.18. The zero-order valence-electron chi connectivity index (χ0n) is 14.7. The molecule has 0 aliphatic rings. The topological polar surface area (TPSA) is 73.4 Å². The van der Waals surface area contributed by atoms with Crippen LogP contribution >= 0.6 is 0 Å². The maximum Gasteiger partial charge on any atom is 0.330 e. The molecule has 2 rings (SSSR count). The molecule has 0 radical (unpaired) electrons. The smallest absolute Gasteiger partial charge is 0.330 e. The molecular formula is C18H26N4O2. The molecule has 2 N–H and O–H groups in total. The molecule has 1 aromatic heterocycles. The normalized spacial score (nSPS) is 11.7. The van der Waals surface area contributed by atoms with Gasteiger partial charge in [-0.15, -0.1) is 0 Å². The Morgan fingerprint density at radius 1 is 1.38 bits per heavy atom. The van der Waals surface area contributed by atoms with E-state index in [9.17, 15) is 4.79 Å². The molecule has 0 spiro atoms. The fourth-order valence-electron chi connectivity index (χ4n) is 2.72. The number of aromatic nitrogens is 2. The van der Waals surface area contributed by atoms with Gasteiger partial charge in [-0.2, -0.15) is 0 Å². The van der Waals surface area contributed by atoms with Crippen LogP contribution in [0.3, 0.4) is 0 Å². The van der Waals surface area contributed by atoms with Crippen LogP contribution in [0.2, 0.25) is 0 Å². The van der Waals surface area contributed by atoms with Crippen molar-refractivity contribution in [2.75, 3.05) is 26.7 Å². The lowest BCUT2D eigenvalue weighted by molar-refractivity contribution is -0.134. The largest absolute Gasteiger partial charge is 0.466 e. The van der Waals surface area contributed by atoms with Gasteiger partial charge in [0.25, 0.3) is 0 Å². The lowest BCUT2D eigenvalue weighted by Gasteiger charge is -2.19. The van der Waals surface area contributed by atoms with E-state index >= 15 is 0 Å². The number of carbonyl (C=O) groups excluding carboxylic acids is 1. The van der Waals surface area contributed by atoms with E-state index in [1.807, 2.05) is 18.2 Å². The summed E-state index contributed by atoms with van der Waals surface area (Å²) in [7, 11) is 1.36. The molecule has 6 heteroatoms. The number of ether oxygens (including phenoxy) is 1. The summed E-state index contributed by atoms with van der Waals surface area (Å²) in [6.07, 6.45) is 3.13. The second-order valence-corrected chi connectivity index (χ2v) is 5.52. The molecule has 0 saturated heterocycles. The van der Waals surface area contributed by atoms with E-state index in [0.29, 0.717) is 6.54 Å².